The van der Waals surface area contributed by atoms with Crippen molar-refractivity contribution in [3.05, 3.63) is 65.0 Å². The predicted molar refractivity (Wildman–Crippen MR) is 133 cm³/mol. The number of ether oxygens (including phenoxy) is 2. The topological polar surface area (TPSA) is 121 Å². The highest BCUT2D eigenvalue weighted by Crippen LogP contribution is 2.33. The summed E-state index contributed by atoms with van der Waals surface area (Å²) in [5.74, 6) is -0.738. The maximum atomic E-state index is 13.9. The molecule has 2 aromatic rings. The van der Waals surface area contributed by atoms with Gasteiger partial charge in [0.15, 0.2) is 17.3 Å². The first-order valence-electron chi connectivity index (χ1n) is 10.6. The van der Waals surface area contributed by atoms with Crippen LogP contribution < -0.4 is 9.47 Å². The van der Waals surface area contributed by atoms with Gasteiger partial charge in [-0.1, -0.05) is 31.2 Å². The van der Waals surface area contributed by atoms with Crippen LogP contribution >= 0.6 is 11.8 Å². The fourth-order valence-corrected chi connectivity index (χ4v) is 5.33. The number of halogens is 1. The Balaban J connectivity index is 1.60. The summed E-state index contributed by atoms with van der Waals surface area (Å²) in [7, 11) is -3.61. The molecule has 1 amide bonds. The van der Waals surface area contributed by atoms with E-state index in [1.165, 1.54) is 19.1 Å². The van der Waals surface area contributed by atoms with Crippen molar-refractivity contribution in [2.24, 2.45) is 10.1 Å². The fraction of sp³-hybridized carbons (Fsp3) is 0.217. The number of benzene rings is 2. The van der Waals surface area contributed by atoms with Crippen LogP contribution in [0, 0.1) is 11.2 Å². The Bertz CT molecular complexity index is 1400. The van der Waals surface area contributed by atoms with Crippen LogP contribution in [0.15, 0.2) is 58.1 Å². The molecule has 0 bridgehead atoms. The van der Waals surface area contributed by atoms with Crippen LogP contribution in [0.25, 0.3) is 6.08 Å². The molecule has 2 aromatic carbocycles. The van der Waals surface area contributed by atoms with E-state index in [-0.39, 0.29) is 39.1 Å². The molecule has 0 radical (unpaired) electrons. The summed E-state index contributed by atoms with van der Waals surface area (Å²) in [4.78, 5) is 16.5. The van der Waals surface area contributed by atoms with Crippen molar-refractivity contribution in [1.29, 1.82) is 5.41 Å². The normalized spacial score (nSPS) is 16.8. The van der Waals surface area contributed by atoms with Gasteiger partial charge in [0.05, 0.1) is 17.9 Å². The second kappa shape index (κ2) is 10.0. The van der Waals surface area contributed by atoms with Gasteiger partial charge in [0.1, 0.15) is 12.4 Å². The Labute approximate surface area is 205 Å². The molecule has 0 aliphatic carbocycles. The molecule has 9 nitrogen and oxygen atoms in total. The van der Waals surface area contributed by atoms with Gasteiger partial charge >= 0.3 is 0 Å². The second-order valence-electron chi connectivity index (χ2n) is 7.31. The molecule has 182 valence electrons. The van der Waals surface area contributed by atoms with Crippen LogP contribution in [0.4, 0.5) is 4.39 Å². The summed E-state index contributed by atoms with van der Waals surface area (Å²) in [6.45, 7) is 3.63. The molecule has 35 heavy (non-hydrogen) atoms. The molecule has 12 heteroatoms. The van der Waals surface area contributed by atoms with Crippen molar-refractivity contribution in [2.75, 3.05) is 12.4 Å². The molecule has 0 spiro atoms. The number of carbonyl (C=O) groups is 1. The molecule has 2 heterocycles. The first-order valence-corrected chi connectivity index (χ1v) is 13.1. The lowest BCUT2D eigenvalue weighted by Crippen LogP contribution is -2.35. The summed E-state index contributed by atoms with van der Waals surface area (Å²) < 4.78 is 49.4. The number of nitrogens with zero attached hydrogens (tertiary/aromatic N) is 3. The fourth-order valence-electron chi connectivity index (χ4n) is 3.16. The van der Waals surface area contributed by atoms with Crippen molar-refractivity contribution in [3.63, 3.8) is 0 Å². The van der Waals surface area contributed by atoms with E-state index in [0.29, 0.717) is 29.2 Å². The highest BCUT2D eigenvalue weighted by atomic mass is 32.3. The number of thioether (sulfide) groups is 1. The number of sulfone groups is 1. The summed E-state index contributed by atoms with van der Waals surface area (Å²) in [5.41, 5.74) is 0.857. The average molecular weight is 517 g/mol. The van der Waals surface area contributed by atoms with Crippen molar-refractivity contribution in [2.45, 2.75) is 20.5 Å². The number of carbonyl (C=O) groups excluding carboxylic acids is 1. The maximum Gasteiger partial charge on any atom is 0.283 e. The Morgan fingerprint density at radius 1 is 1.14 bits per heavy atom. The molecule has 0 saturated heterocycles. The molecule has 0 saturated carbocycles. The highest BCUT2D eigenvalue weighted by molar-refractivity contribution is 8.42. The van der Waals surface area contributed by atoms with E-state index < -0.39 is 15.7 Å². The maximum absolute atomic E-state index is 13.9. The number of amides is 1. The zero-order valence-corrected chi connectivity index (χ0v) is 20.5. The average Bonchev–Trinajstić information content (AvgIpc) is 3.27. The van der Waals surface area contributed by atoms with Crippen molar-refractivity contribution in [1.82, 2.24) is 5.01 Å². The molecule has 2 aliphatic rings. The summed E-state index contributed by atoms with van der Waals surface area (Å²) in [6.07, 6.45) is 1.45. The predicted octanol–water partition coefficient (Wildman–Crippen LogP) is 3.81. The number of rotatable bonds is 7. The van der Waals surface area contributed by atoms with E-state index in [1.807, 2.05) is 0 Å². The quantitative estimate of drug-likeness (QED) is 0.555. The number of amidine groups is 2. The Hall–Kier alpha value is -3.51. The van der Waals surface area contributed by atoms with Gasteiger partial charge in [-0.15, -0.1) is 5.10 Å². The monoisotopic (exact) mass is 516 g/mol. The van der Waals surface area contributed by atoms with Crippen molar-refractivity contribution in [3.8, 4) is 11.5 Å². The standard InChI is InChI=1S/C23H21FN4O5S2/c1-3-32-19-12-14(9-10-18(19)33-13-15-7-5-6-8-17(15)24)11-16-20(25)28-22(26-21(16)29)34-23(27-28)35(30,31)4-2/h5-12,25H,3-4,13H2,1-2H3/b16-11-,25-20?. The minimum atomic E-state index is -3.61. The van der Waals surface area contributed by atoms with Crippen LogP contribution in [0.5, 0.6) is 11.5 Å². The zero-order chi connectivity index (χ0) is 25.2. The summed E-state index contributed by atoms with van der Waals surface area (Å²) in [6, 6.07) is 11.2. The number of hydrogen-bond acceptors (Lipinski definition) is 8. The molecule has 0 fully saturated rings. The first-order chi connectivity index (χ1) is 16.7. The van der Waals surface area contributed by atoms with Gasteiger partial charge < -0.3 is 9.47 Å². The van der Waals surface area contributed by atoms with E-state index in [0.717, 1.165) is 16.8 Å². The molecular weight excluding hydrogens is 495 g/mol. The van der Waals surface area contributed by atoms with Gasteiger partial charge in [0.25, 0.3) is 5.91 Å². The van der Waals surface area contributed by atoms with E-state index in [1.54, 1.807) is 43.3 Å². The number of hydrazone groups is 1. The lowest BCUT2D eigenvalue weighted by Gasteiger charge is -2.20. The van der Waals surface area contributed by atoms with E-state index in [9.17, 15) is 17.6 Å². The van der Waals surface area contributed by atoms with Gasteiger partial charge in [-0.3, -0.25) is 10.2 Å². The number of nitrogens with one attached hydrogen (secondary N) is 1. The Kier molecular flexibility index (Phi) is 7.03. The number of hydrogen-bond donors (Lipinski definition) is 1. The Morgan fingerprint density at radius 2 is 1.91 bits per heavy atom. The summed E-state index contributed by atoms with van der Waals surface area (Å²) in [5, 5.41) is 13.5. The lowest BCUT2D eigenvalue weighted by molar-refractivity contribution is -0.114. The minimum Gasteiger partial charge on any atom is -0.490 e. The summed E-state index contributed by atoms with van der Waals surface area (Å²) >= 11 is 0.743. The third kappa shape index (κ3) is 5.13. The molecule has 0 atom stereocenters. The second-order valence-corrected chi connectivity index (χ2v) is 10.7. The third-order valence-corrected chi connectivity index (χ3v) is 8.09. The molecule has 1 N–H and O–H groups in total. The van der Waals surface area contributed by atoms with Crippen molar-refractivity contribution < 1.29 is 27.1 Å². The number of fused-ring (bicyclic) bond motifs is 1. The molecule has 2 aliphatic heterocycles. The smallest absolute Gasteiger partial charge is 0.283 e. The van der Waals surface area contributed by atoms with Gasteiger partial charge in [-0.05, 0) is 48.5 Å². The largest absolute Gasteiger partial charge is 0.490 e. The van der Waals surface area contributed by atoms with Crippen LogP contribution in [0.1, 0.15) is 25.0 Å². The van der Waals surface area contributed by atoms with Crippen molar-refractivity contribution >= 4 is 49.0 Å². The van der Waals surface area contributed by atoms with Gasteiger partial charge in [0.2, 0.25) is 19.4 Å². The Morgan fingerprint density at radius 3 is 2.63 bits per heavy atom. The van der Waals surface area contributed by atoms with Gasteiger partial charge in [-0.25, -0.2) is 12.8 Å². The SMILES string of the molecule is CCOc1cc(/C=C2/C(=N)N3N=C(S(=O)(=O)CC)SC3=NC2=O)ccc1OCc1ccccc1F. The molecule has 4 rings (SSSR count). The molecule has 0 unspecified atom stereocenters. The van der Waals surface area contributed by atoms with Gasteiger partial charge in [0, 0.05) is 5.56 Å². The van der Waals surface area contributed by atoms with E-state index in [2.05, 4.69) is 10.1 Å². The van der Waals surface area contributed by atoms with Crippen LogP contribution in [-0.2, 0) is 21.2 Å². The van der Waals surface area contributed by atoms with Gasteiger partial charge in [-0.2, -0.15) is 10.0 Å². The molecule has 0 aromatic heterocycles. The van der Waals surface area contributed by atoms with Crippen LogP contribution in [-0.4, -0.2) is 47.1 Å². The lowest BCUT2D eigenvalue weighted by atomic mass is 10.1. The zero-order valence-electron chi connectivity index (χ0n) is 18.8. The first kappa shape index (κ1) is 24.6. The van der Waals surface area contributed by atoms with Crippen LogP contribution in [0.2, 0.25) is 0 Å². The molecular formula is C23H21FN4O5S2. The highest BCUT2D eigenvalue weighted by Gasteiger charge is 2.39. The van der Waals surface area contributed by atoms with E-state index >= 15 is 0 Å². The van der Waals surface area contributed by atoms with Crippen LogP contribution in [0.3, 0.4) is 0 Å². The van der Waals surface area contributed by atoms with E-state index in [4.69, 9.17) is 14.9 Å². The minimum absolute atomic E-state index is 0.00143. The third-order valence-electron chi connectivity index (χ3n) is 5.00. The number of aliphatic imine (C=N–C) groups is 1.